The number of benzene rings is 1. The minimum absolute atomic E-state index is 0.216. The standard InChI is InChI=1S/C15H21ClN4O2/c1-4-17-8-12(21)13(22)20-15(2,3)14-18-10-6-5-9(16)7-11(10)19-14/h5-7,12,17,21H,4,8H2,1-3H3,(H,18,19)(H,20,22). The van der Waals surface area contributed by atoms with Gasteiger partial charge in [-0.1, -0.05) is 18.5 Å². The molecule has 1 aromatic carbocycles. The Labute approximate surface area is 134 Å². The summed E-state index contributed by atoms with van der Waals surface area (Å²) in [6, 6.07) is 5.36. The Kier molecular flexibility index (Phi) is 5.05. The molecule has 0 aliphatic rings. The van der Waals surface area contributed by atoms with E-state index in [1.165, 1.54) is 0 Å². The number of nitrogens with one attached hydrogen (secondary N) is 3. The van der Waals surface area contributed by atoms with Crippen LogP contribution in [0.3, 0.4) is 0 Å². The topological polar surface area (TPSA) is 90.0 Å². The summed E-state index contributed by atoms with van der Waals surface area (Å²) in [7, 11) is 0. The number of imidazole rings is 1. The molecule has 1 amide bonds. The van der Waals surface area contributed by atoms with E-state index in [1.54, 1.807) is 12.1 Å². The third-order valence-corrected chi connectivity index (χ3v) is 3.60. The Balaban J connectivity index is 2.15. The molecule has 1 aromatic heterocycles. The van der Waals surface area contributed by atoms with Crippen molar-refractivity contribution < 1.29 is 9.90 Å². The predicted octanol–water partition coefficient (Wildman–Crippen LogP) is 1.54. The molecule has 1 unspecified atom stereocenters. The van der Waals surface area contributed by atoms with Crippen LogP contribution in [0.2, 0.25) is 5.02 Å². The first-order valence-corrected chi connectivity index (χ1v) is 7.58. The minimum Gasteiger partial charge on any atom is -0.382 e. The Morgan fingerprint density at radius 2 is 2.23 bits per heavy atom. The fraction of sp³-hybridized carbons (Fsp3) is 0.467. The van der Waals surface area contributed by atoms with Gasteiger partial charge in [0.1, 0.15) is 11.9 Å². The third-order valence-electron chi connectivity index (χ3n) is 3.36. The average Bonchev–Trinajstić information content (AvgIpc) is 2.88. The first-order chi connectivity index (χ1) is 10.3. The van der Waals surface area contributed by atoms with Crippen molar-refractivity contribution in [3.8, 4) is 0 Å². The van der Waals surface area contributed by atoms with Gasteiger partial charge in [0.2, 0.25) is 0 Å². The van der Waals surface area contributed by atoms with Gasteiger partial charge in [0, 0.05) is 11.6 Å². The molecule has 0 saturated heterocycles. The fourth-order valence-electron chi connectivity index (χ4n) is 2.10. The first-order valence-electron chi connectivity index (χ1n) is 7.20. The molecule has 0 aliphatic carbocycles. The molecule has 4 N–H and O–H groups in total. The number of hydrogen-bond acceptors (Lipinski definition) is 4. The number of halogens is 1. The van der Waals surface area contributed by atoms with Crippen LogP contribution in [-0.2, 0) is 10.3 Å². The fourth-order valence-corrected chi connectivity index (χ4v) is 2.27. The molecule has 120 valence electrons. The van der Waals surface area contributed by atoms with Gasteiger partial charge >= 0.3 is 0 Å². The number of fused-ring (bicyclic) bond motifs is 1. The molecule has 0 spiro atoms. The van der Waals surface area contributed by atoms with Gasteiger partial charge < -0.3 is 20.7 Å². The van der Waals surface area contributed by atoms with E-state index in [4.69, 9.17) is 11.6 Å². The van der Waals surface area contributed by atoms with Crippen molar-refractivity contribution in [1.29, 1.82) is 0 Å². The SMILES string of the molecule is CCNCC(O)C(=O)NC(C)(C)c1nc2ccc(Cl)cc2[nH]1. The normalized spacial score (nSPS) is 13.3. The van der Waals surface area contributed by atoms with Gasteiger partial charge in [0.05, 0.1) is 16.6 Å². The monoisotopic (exact) mass is 324 g/mol. The molecule has 1 heterocycles. The molecular weight excluding hydrogens is 304 g/mol. The van der Waals surface area contributed by atoms with Crippen molar-refractivity contribution in [2.24, 2.45) is 0 Å². The average molecular weight is 325 g/mol. The third kappa shape index (κ3) is 3.76. The highest BCUT2D eigenvalue weighted by atomic mass is 35.5. The van der Waals surface area contributed by atoms with Crippen molar-refractivity contribution in [3.63, 3.8) is 0 Å². The number of aromatic nitrogens is 2. The first kappa shape index (κ1) is 16.7. The van der Waals surface area contributed by atoms with E-state index in [2.05, 4.69) is 20.6 Å². The van der Waals surface area contributed by atoms with E-state index < -0.39 is 17.6 Å². The van der Waals surface area contributed by atoms with Crippen LogP contribution in [0.15, 0.2) is 18.2 Å². The van der Waals surface area contributed by atoms with Gasteiger partial charge in [-0.05, 0) is 38.6 Å². The Morgan fingerprint density at radius 3 is 2.91 bits per heavy atom. The van der Waals surface area contributed by atoms with Crippen LogP contribution in [0.25, 0.3) is 11.0 Å². The maximum atomic E-state index is 12.0. The zero-order valence-corrected chi connectivity index (χ0v) is 13.7. The molecule has 0 aliphatic heterocycles. The maximum Gasteiger partial charge on any atom is 0.250 e. The van der Waals surface area contributed by atoms with Gasteiger partial charge in [-0.3, -0.25) is 4.79 Å². The summed E-state index contributed by atoms with van der Waals surface area (Å²) in [5.74, 6) is 0.165. The molecule has 22 heavy (non-hydrogen) atoms. The number of carbonyl (C=O) groups excluding carboxylic acids is 1. The zero-order chi connectivity index (χ0) is 16.3. The van der Waals surface area contributed by atoms with Crippen molar-refractivity contribution in [2.45, 2.75) is 32.4 Å². The Bertz CT molecular complexity index is 669. The summed E-state index contributed by atoms with van der Waals surface area (Å²) in [5, 5.41) is 16.2. The highest BCUT2D eigenvalue weighted by Crippen LogP contribution is 2.23. The molecule has 7 heteroatoms. The van der Waals surface area contributed by atoms with Crippen molar-refractivity contribution >= 4 is 28.5 Å². The summed E-state index contributed by atoms with van der Waals surface area (Å²) in [5.41, 5.74) is 0.836. The Morgan fingerprint density at radius 1 is 1.50 bits per heavy atom. The number of rotatable bonds is 6. The molecule has 0 bridgehead atoms. The van der Waals surface area contributed by atoms with Crippen LogP contribution in [0.5, 0.6) is 0 Å². The lowest BCUT2D eigenvalue weighted by atomic mass is 10.0. The van der Waals surface area contributed by atoms with E-state index in [0.29, 0.717) is 17.4 Å². The molecule has 2 aromatic rings. The van der Waals surface area contributed by atoms with Crippen LogP contribution in [0.4, 0.5) is 0 Å². The predicted molar refractivity (Wildman–Crippen MR) is 86.8 cm³/mol. The lowest BCUT2D eigenvalue weighted by Gasteiger charge is -2.25. The molecule has 1 atom stereocenters. The van der Waals surface area contributed by atoms with Gasteiger partial charge in [-0.25, -0.2) is 4.98 Å². The number of aliphatic hydroxyl groups is 1. The molecule has 0 fully saturated rings. The number of aliphatic hydroxyl groups excluding tert-OH is 1. The molecule has 2 rings (SSSR count). The second kappa shape index (κ2) is 6.64. The highest BCUT2D eigenvalue weighted by Gasteiger charge is 2.29. The highest BCUT2D eigenvalue weighted by molar-refractivity contribution is 6.31. The van der Waals surface area contributed by atoms with Gasteiger partial charge in [0.25, 0.3) is 5.91 Å². The lowest BCUT2D eigenvalue weighted by Crippen LogP contribution is -2.49. The van der Waals surface area contributed by atoms with Crippen molar-refractivity contribution in [2.75, 3.05) is 13.1 Å². The van der Waals surface area contributed by atoms with E-state index in [0.717, 1.165) is 11.0 Å². The van der Waals surface area contributed by atoms with E-state index >= 15 is 0 Å². The van der Waals surface area contributed by atoms with Crippen LogP contribution in [0.1, 0.15) is 26.6 Å². The Hall–Kier alpha value is -1.63. The summed E-state index contributed by atoms with van der Waals surface area (Å²) < 4.78 is 0. The van der Waals surface area contributed by atoms with Crippen LogP contribution in [-0.4, -0.2) is 40.2 Å². The molecular formula is C15H21ClN4O2. The number of amides is 1. The second-order valence-corrected chi connectivity index (χ2v) is 6.12. The largest absolute Gasteiger partial charge is 0.382 e. The number of likely N-dealkylation sites (N-methyl/N-ethyl adjacent to an activating group) is 1. The van der Waals surface area contributed by atoms with Crippen LogP contribution in [0, 0.1) is 0 Å². The number of aromatic amines is 1. The zero-order valence-electron chi connectivity index (χ0n) is 12.9. The van der Waals surface area contributed by atoms with E-state index in [9.17, 15) is 9.90 Å². The summed E-state index contributed by atoms with van der Waals surface area (Å²) in [6.45, 7) is 6.47. The number of nitrogens with zero attached hydrogens (tertiary/aromatic N) is 1. The maximum absolute atomic E-state index is 12.0. The summed E-state index contributed by atoms with van der Waals surface area (Å²) in [6.07, 6.45) is -1.10. The van der Waals surface area contributed by atoms with Gasteiger partial charge in [0.15, 0.2) is 0 Å². The molecule has 6 nitrogen and oxygen atoms in total. The number of H-pyrrole nitrogens is 1. The van der Waals surface area contributed by atoms with Crippen molar-refractivity contribution in [3.05, 3.63) is 29.0 Å². The van der Waals surface area contributed by atoms with Crippen LogP contribution >= 0.6 is 11.6 Å². The van der Waals surface area contributed by atoms with Crippen molar-refractivity contribution in [1.82, 2.24) is 20.6 Å². The lowest BCUT2D eigenvalue weighted by molar-refractivity contribution is -0.131. The number of hydrogen-bond donors (Lipinski definition) is 4. The quantitative estimate of drug-likeness (QED) is 0.649. The van der Waals surface area contributed by atoms with Gasteiger partial charge in [-0.2, -0.15) is 0 Å². The van der Waals surface area contributed by atoms with Gasteiger partial charge in [-0.15, -0.1) is 0 Å². The van der Waals surface area contributed by atoms with E-state index in [1.807, 2.05) is 26.8 Å². The summed E-state index contributed by atoms with van der Waals surface area (Å²) in [4.78, 5) is 19.7. The number of carbonyl (C=O) groups is 1. The smallest absolute Gasteiger partial charge is 0.250 e. The molecule has 0 radical (unpaired) electrons. The minimum atomic E-state index is -1.10. The summed E-state index contributed by atoms with van der Waals surface area (Å²) >= 11 is 5.96. The van der Waals surface area contributed by atoms with E-state index in [-0.39, 0.29) is 6.54 Å². The second-order valence-electron chi connectivity index (χ2n) is 5.68. The van der Waals surface area contributed by atoms with Crippen LogP contribution < -0.4 is 10.6 Å². The molecule has 0 saturated carbocycles.